The number of ether oxygens (including phenoxy) is 2. The molecule has 0 aromatic heterocycles. The van der Waals surface area contributed by atoms with Crippen LogP contribution in [0.1, 0.15) is 28.7 Å². The monoisotopic (exact) mass is 908 g/mol. The third kappa shape index (κ3) is 20.4. The molecule has 0 aliphatic carbocycles. The molecule has 6 rings (SSSR count). The molecular formula is C45H48O12S4. The Labute approximate surface area is 364 Å². The lowest BCUT2D eigenvalue weighted by Gasteiger charge is -2.10. The second kappa shape index (κ2) is 25.0. The molecular weight excluding hydrogens is 861 g/mol. The van der Waals surface area contributed by atoms with Crippen LogP contribution in [0.3, 0.4) is 0 Å². The number of phenolic OH excluding ortho intramolecular Hbond substituents is 2. The Morgan fingerprint density at radius 2 is 0.820 bits per heavy atom. The second-order valence-corrected chi connectivity index (χ2v) is 19.4. The smallest absolute Gasteiger partial charge is 0.217 e. The average molecular weight is 909 g/mol. The van der Waals surface area contributed by atoms with Crippen LogP contribution in [0.25, 0.3) is 0 Å². The number of aromatic hydroxyl groups is 2. The normalized spacial score (nSPS) is 12.1. The van der Waals surface area contributed by atoms with E-state index in [2.05, 4.69) is 45.1 Å². The minimum atomic E-state index is -4.57. The SMILES string of the molecule is C[S+](Cc1cccc(OCCCOc2cccc(C[S+](C)c3ccc(O)cc3)c2)c1)c1ccc(O)cc1.O=S(=O)([O-])OCc1ccccc1.O=S(=O)([O-])OCc1ccccc1. The van der Waals surface area contributed by atoms with E-state index in [0.717, 1.165) is 29.4 Å². The molecule has 61 heavy (non-hydrogen) atoms. The van der Waals surface area contributed by atoms with Crippen molar-refractivity contribution in [2.45, 2.75) is 40.9 Å². The molecule has 16 heteroatoms. The highest BCUT2D eigenvalue weighted by molar-refractivity contribution is 7.95. The van der Waals surface area contributed by atoms with Crippen LogP contribution in [-0.2, 0) is 75.7 Å². The molecule has 0 fully saturated rings. The lowest BCUT2D eigenvalue weighted by Crippen LogP contribution is -2.07. The number of benzene rings is 6. The van der Waals surface area contributed by atoms with Crippen molar-refractivity contribution in [3.8, 4) is 23.0 Å². The molecule has 6 aromatic carbocycles. The third-order valence-electron chi connectivity index (χ3n) is 8.29. The summed E-state index contributed by atoms with van der Waals surface area (Å²) in [6, 6.07) is 48.7. The zero-order valence-electron chi connectivity index (χ0n) is 33.6. The van der Waals surface area contributed by atoms with E-state index in [-0.39, 0.29) is 35.0 Å². The molecule has 2 N–H and O–H groups in total. The molecule has 0 aliphatic rings. The summed E-state index contributed by atoms with van der Waals surface area (Å²) in [4.78, 5) is 2.47. The summed E-state index contributed by atoms with van der Waals surface area (Å²) in [6.45, 7) is 0.787. The van der Waals surface area contributed by atoms with Gasteiger partial charge in [0.15, 0.2) is 9.79 Å². The largest absolute Gasteiger partial charge is 0.726 e. The summed E-state index contributed by atoms with van der Waals surface area (Å²) in [5.74, 6) is 4.24. The molecule has 6 aromatic rings. The van der Waals surface area contributed by atoms with E-state index in [9.17, 15) is 36.2 Å². The van der Waals surface area contributed by atoms with E-state index >= 15 is 0 Å². The summed E-state index contributed by atoms with van der Waals surface area (Å²) in [5, 5.41) is 19.0. The summed E-state index contributed by atoms with van der Waals surface area (Å²) in [6.07, 6.45) is 5.24. The molecule has 324 valence electrons. The molecule has 0 spiro atoms. The van der Waals surface area contributed by atoms with E-state index < -0.39 is 20.8 Å². The molecule has 0 saturated carbocycles. The summed E-state index contributed by atoms with van der Waals surface area (Å²) in [7, 11) is -9.03. The van der Waals surface area contributed by atoms with Gasteiger partial charge in [-0.25, -0.2) is 16.8 Å². The zero-order chi connectivity index (χ0) is 44.1. The quantitative estimate of drug-likeness (QED) is 0.0368. The Balaban J connectivity index is 0.000000276. The van der Waals surface area contributed by atoms with Crippen molar-refractivity contribution in [3.05, 3.63) is 180 Å². The Kier molecular flexibility index (Phi) is 20.0. The van der Waals surface area contributed by atoms with Gasteiger partial charge in [-0.3, -0.25) is 8.37 Å². The average Bonchev–Trinajstić information content (AvgIpc) is 3.23. The lowest BCUT2D eigenvalue weighted by atomic mass is 10.2. The van der Waals surface area contributed by atoms with Crippen molar-refractivity contribution in [2.75, 3.05) is 25.7 Å². The van der Waals surface area contributed by atoms with Crippen LogP contribution in [0.4, 0.5) is 0 Å². The van der Waals surface area contributed by atoms with Crippen LogP contribution in [0.2, 0.25) is 0 Å². The van der Waals surface area contributed by atoms with Crippen molar-refractivity contribution in [3.63, 3.8) is 0 Å². The molecule has 0 bridgehead atoms. The molecule has 2 unspecified atom stereocenters. The van der Waals surface area contributed by atoms with Gasteiger partial charge >= 0.3 is 0 Å². The van der Waals surface area contributed by atoms with Gasteiger partial charge in [0.05, 0.1) is 26.4 Å². The standard InChI is InChI=1S/C31H32O4S2.2C7H8O4S/c1-36(30-14-10-26(32)11-15-30)22-24-6-3-8-28(20-24)34-18-5-19-35-29-9-4-7-25(21-29)23-37(2)31-16-12-27(33)13-17-31;2*8-12(9,10)11-6-7-4-2-1-3-5-7/h3-4,6-17,20-21H,5,18-19,22-23H2,1-2H3;2*1-5H,6H2,(H,8,9,10). The van der Waals surface area contributed by atoms with Gasteiger partial charge in [0, 0.05) is 39.3 Å². The number of rotatable bonds is 18. The summed E-state index contributed by atoms with van der Waals surface area (Å²) >= 11 is 0. The predicted octanol–water partition coefficient (Wildman–Crippen LogP) is 7.89. The lowest BCUT2D eigenvalue weighted by molar-refractivity contribution is 0.247. The van der Waals surface area contributed by atoms with Gasteiger partial charge < -0.3 is 28.8 Å². The fourth-order valence-corrected chi connectivity index (χ4v) is 8.80. The minimum absolute atomic E-state index is 0.0549. The molecule has 0 heterocycles. The number of phenols is 2. The summed E-state index contributed by atoms with van der Waals surface area (Å²) in [5.41, 5.74) is 3.78. The molecule has 0 aliphatic heterocycles. The Morgan fingerprint density at radius 3 is 1.16 bits per heavy atom. The van der Waals surface area contributed by atoms with E-state index in [4.69, 9.17) is 9.47 Å². The predicted molar refractivity (Wildman–Crippen MR) is 237 cm³/mol. The Bertz CT molecular complexity index is 2230. The Hall–Kier alpha value is -5.04. The van der Waals surface area contributed by atoms with Gasteiger partial charge in [0.2, 0.25) is 20.8 Å². The van der Waals surface area contributed by atoms with Gasteiger partial charge in [0.1, 0.15) is 47.0 Å². The maximum Gasteiger partial charge on any atom is 0.217 e. The van der Waals surface area contributed by atoms with Crippen LogP contribution < -0.4 is 9.47 Å². The molecule has 12 nitrogen and oxygen atoms in total. The van der Waals surface area contributed by atoms with Gasteiger partial charge in [0.25, 0.3) is 0 Å². The van der Waals surface area contributed by atoms with E-state index in [0.29, 0.717) is 35.8 Å². The maximum atomic E-state index is 10.0. The highest BCUT2D eigenvalue weighted by Crippen LogP contribution is 2.24. The van der Waals surface area contributed by atoms with Crippen molar-refractivity contribution >= 4 is 42.6 Å². The van der Waals surface area contributed by atoms with E-state index in [1.165, 1.54) is 20.9 Å². The molecule has 0 radical (unpaired) electrons. The van der Waals surface area contributed by atoms with Crippen LogP contribution >= 0.6 is 0 Å². The topological polar surface area (TPSA) is 192 Å². The molecule has 0 amide bonds. The Morgan fingerprint density at radius 1 is 0.475 bits per heavy atom. The van der Waals surface area contributed by atoms with E-state index in [1.807, 2.05) is 48.5 Å². The van der Waals surface area contributed by atoms with Gasteiger partial charge in [-0.15, -0.1) is 0 Å². The third-order valence-corrected chi connectivity index (χ3v) is 12.8. The van der Waals surface area contributed by atoms with Crippen molar-refractivity contribution in [1.82, 2.24) is 0 Å². The number of hydrogen-bond donors (Lipinski definition) is 2. The molecule has 0 saturated heterocycles. The fraction of sp³-hybridized carbons (Fsp3) is 0.200. The first-order valence-corrected chi connectivity index (χ1v) is 24.9. The van der Waals surface area contributed by atoms with Crippen molar-refractivity contribution in [1.29, 1.82) is 0 Å². The first-order valence-electron chi connectivity index (χ1n) is 18.7. The van der Waals surface area contributed by atoms with Gasteiger partial charge in [-0.1, -0.05) is 84.9 Å². The van der Waals surface area contributed by atoms with Crippen LogP contribution in [0, 0.1) is 0 Å². The number of hydrogen-bond acceptors (Lipinski definition) is 12. The molecule has 2 atom stereocenters. The first kappa shape index (κ1) is 48.6. The highest BCUT2D eigenvalue weighted by atomic mass is 32.3. The van der Waals surface area contributed by atoms with Crippen LogP contribution in [0.5, 0.6) is 23.0 Å². The first-order chi connectivity index (χ1) is 29.1. The van der Waals surface area contributed by atoms with E-state index in [1.54, 1.807) is 84.9 Å². The van der Waals surface area contributed by atoms with Gasteiger partial charge in [-0.05, 0) is 83.9 Å². The zero-order valence-corrected chi connectivity index (χ0v) is 36.8. The van der Waals surface area contributed by atoms with Gasteiger partial charge in [-0.2, -0.15) is 0 Å². The fourth-order valence-electron chi connectivity index (χ4n) is 5.34. The highest BCUT2D eigenvalue weighted by Gasteiger charge is 2.18. The maximum absolute atomic E-state index is 10.0. The van der Waals surface area contributed by atoms with Crippen molar-refractivity contribution in [2.24, 2.45) is 0 Å². The summed E-state index contributed by atoms with van der Waals surface area (Å²) < 4.78 is 80.2. The second-order valence-electron chi connectivity index (χ2n) is 13.2. The minimum Gasteiger partial charge on any atom is -0.726 e. The van der Waals surface area contributed by atoms with Crippen molar-refractivity contribution < 1.29 is 54.0 Å². The van der Waals surface area contributed by atoms with Crippen LogP contribution in [-0.4, -0.2) is 61.9 Å². The van der Waals surface area contributed by atoms with Crippen LogP contribution in [0.15, 0.2) is 168 Å².